The third kappa shape index (κ3) is 7.99. The van der Waals surface area contributed by atoms with Gasteiger partial charge in [-0.05, 0) is 0 Å². The van der Waals surface area contributed by atoms with Gasteiger partial charge >= 0.3 is 155 Å². The summed E-state index contributed by atoms with van der Waals surface area (Å²) in [5, 5.41) is 0.871. The summed E-state index contributed by atoms with van der Waals surface area (Å²) in [4.78, 5) is 14.2. The van der Waals surface area contributed by atoms with Crippen molar-refractivity contribution in [3.63, 3.8) is 0 Å². The molecule has 0 aliphatic heterocycles. The van der Waals surface area contributed by atoms with Crippen LogP contribution in [0.25, 0.3) is 0 Å². The van der Waals surface area contributed by atoms with Gasteiger partial charge in [0.1, 0.15) is 0 Å². The van der Waals surface area contributed by atoms with Gasteiger partial charge in [-0.2, -0.15) is 0 Å². The first-order chi connectivity index (χ1) is 9.69. The van der Waals surface area contributed by atoms with E-state index in [9.17, 15) is 0 Å². The molecule has 0 rings (SSSR count). The van der Waals surface area contributed by atoms with Crippen LogP contribution in [0.5, 0.6) is 0 Å². The summed E-state index contributed by atoms with van der Waals surface area (Å²) in [6.45, 7) is 10.1. The fourth-order valence-corrected chi connectivity index (χ4v) is 4.33. The number of nitrogens with zero attached hydrogens (tertiary/aromatic N) is 4. The second-order valence-corrected chi connectivity index (χ2v) is 10.3. The van der Waals surface area contributed by atoms with E-state index in [1.54, 1.807) is 50.7 Å². The number of quaternary nitrogens is 2. The van der Waals surface area contributed by atoms with E-state index in [0.29, 0.717) is 0 Å². The summed E-state index contributed by atoms with van der Waals surface area (Å²) in [6, 6.07) is 0. The molecule has 10 N–H and O–H groups in total. The second kappa shape index (κ2) is 8.18. The van der Waals surface area contributed by atoms with Crippen LogP contribution in [0.3, 0.4) is 0 Å². The van der Waals surface area contributed by atoms with Crippen LogP contribution in [0.1, 0.15) is 27.7 Å². The Hall–Kier alpha value is 0.690. The van der Waals surface area contributed by atoms with Crippen molar-refractivity contribution in [2.75, 3.05) is 6.67 Å². The molecule has 0 aromatic carbocycles. The molecule has 0 aromatic rings. The molecule has 0 bridgehead atoms. The number of aliphatic imine (C=N–C) groups is 1. The molecule has 0 aromatic heterocycles. The van der Waals surface area contributed by atoms with E-state index in [1.807, 2.05) is 0 Å². The third-order valence-electron chi connectivity index (χ3n) is 2.11. The Morgan fingerprint density at radius 1 is 1.18 bits per heavy atom. The molecule has 1 atom stereocenters. The molecule has 12 nitrogen and oxygen atoms in total. The number of hydroxylamine groups is 2. The summed E-state index contributed by atoms with van der Waals surface area (Å²) in [7, 11) is 0. The van der Waals surface area contributed by atoms with Crippen molar-refractivity contribution in [3.8, 4) is 0 Å². The molecule has 134 valence electrons. The van der Waals surface area contributed by atoms with E-state index < -0.39 is 38.8 Å². The number of hydrogen-bond donors (Lipinski definition) is 5. The standard InChI is InChI=1S/C8H26I2N9O3/c1-7(2,20-18(13,22-9)6-16-5)10-19(14,15)21-8(3,4)17(11)12/h5-6,11-15H2,1-4H3/q+1. The van der Waals surface area contributed by atoms with Crippen molar-refractivity contribution < 1.29 is 42.3 Å². The van der Waals surface area contributed by atoms with Gasteiger partial charge in [0.2, 0.25) is 0 Å². The monoisotopic (exact) mass is 550 g/mol. The summed E-state index contributed by atoms with van der Waals surface area (Å²) in [5.74, 6) is 28.8. The van der Waals surface area contributed by atoms with Crippen LogP contribution in [-0.2, 0) is 12.8 Å². The molecule has 0 spiro atoms. The Bertz CT molecular complexity index is 382. The Morgan fingerprint density at radius 2 is 1.68 bits per heavy atom. The van der Waals surface area contributed by atoms with E-state index >= 15 is 0 Å². The predicted molar refractivity (Wildman–Crippen MR) is 83.1 cm³/mol. The number of halogens is 2. The number of hydrogen-bond acceptors (Lipinski definition) is 10. The van der Waals surface area contributed by atoms with Crippen LogP contribution < -0.4 is 50.7 Å². The molecular formula is C8H26I2N9O3+. The SMILES string of the molecule is C=NC[N+](N)(OI)OC(C)(C)[I-][N+](N)(N)OC(C)(C)N(N)N. The maximum absolute atomic E-state index is 5.96. The van der Waals surface area contributed by atoms with Crippen molar-refractivity contribution in [3.05, 3.63) is 0 Å². The van der Waals surface area contributed by atoms with Crippen molar-refractivity contribution in [2.24, 2.45) is 34.2 Å². The summed E-state index contributed by atoms with van der Waals surface area (Å²) < 4.78 is 3.44. The van der Waals surface area contributed by atoms with Gasteiger partial charge in [0, 0.05) is 0 Å². The van der Waals surface area contributed by atoms with Crippen molar-refractivity contribution in [2.45, 2.75) is 37.0 Å². The van der Waals surface area contributed by atoms with Crippen LogP contribution >= 0.6 is 23.0 Å². The van der Waals surface area contributed by atoms with Crippen LogP contribution in [-0.4, -0.2) is 35.8 Å². The molecule has 0 heterocycles. The van der Waals surface area contributed by atoms with Gasteiger partial charge in [-0.25, -0.2) is 0 Å². The zero-order valence-electron chi connectivity index (χ0n) is 13.1. The van der Waals surface area contributed by atoms with E-state index in [1.165, 1.54) is 0 Å². The Labute approximate surface area is 154 Å². The molecule has 1 unspecified atom stereocenters. The molecular weight excluding hydrogens is 524 g/mol. The normalized spacial score (nSPS) is 16.9. The second-order valence-electron chi connectivity index (χ2n) is 5.27. The van der Waals surface area contributed by atoms with E-state index in [-0.39, 0.29) is 6.67 Å². The zero-order chi connectivity index (χ0) is 17.8. The minimum atomic E-state index is -1.17. The van der Waals surface area contributed by atoms with Crippen molar-refractivity contribution in [1.82, 2.24) is 5.12 Å². The van der Waals surface area contributed by atoms with Gasteiger partial charge in [-0.3, -0.25) is 0 Å². The fraction of sp³-hybridized carbons (Fsp3) is 0.875. The first-order valence-electron chi connectivity index (χ1n) is 5.93. The summed E-state index contributed by atoms with van der Waals surface area (Å²) >= 11 is 0.433. The van der Waals surface area contributed by atoms with Gasteiger partial charge in [0.15, 0.2) is 0 Å². The molecule has 0 radical (unpaired) electrons. The molecule has 0 saturated heterocycles. The van der Waals surface area contributed by atoms with E-state index in [0.717, 1.165) is 5.12 Å². The third-order valence-corrected chi connectivity index (χ3v) is 5.08. The van der Waals surface area contributed by atoms with Gasteiger partial charge < -0.3 is 0 Å². The topological polar surface area (TPSA) is 173 Å². The Morgan fingerprint density at radius 3 is 2.05 bits per heavy atom. The van der Waals surface area contributed by atoms with Crippen molar-refractivity contribution >= 4 is 29.7 Å². The number of alkyl halides is 1. The number of nitrogens with two attached hydrogens (primary N) is 5. The maximum atomic E-state index is 5.96. The average Bonchev–Trinajstić information content (AvgIpc) is 2.24. The Kier molecular flexibility index (Phi) is 8.44. The quantitative estimate of drug-likeness (QED) is 0.0263. The van der Waals surface area contributed by atoms with Gasteiger partial charge in [0.25, 0.3) is 0 Å². The summed E-state index contributed by atoms with van der Waals surface area (Å²) in [6.07, 6.45) is 0. The van der Waals surface area contributed by atoms with Gasteiger partial charge in [-0.15, -0.1) is 0 Å². The molecule has 0 aliphatic carbocycles. The average molecular weight is 550 g/mol. The molecule has 0 aliphatic rings. The first-order valence-corrected chi connectivity index (χ1v) is 8.86. The molecule has 22 heavy (non-hydrogen) atoms. The molecule has 0 fully saturated rings. The summed E-state index contributed by atoms with van der Waals surface area (Å²) in [5.41, 5.74) is -1.09. The van der Waals surface area contributed by atoms with E-state index in [2.05, 4.69) is 11.7 Å². The number of hydrazine groups is 2. The van der Waals surface area contributed by atoms with Crippen LogP contribution in [0.2, 0.25) is 0 Å². The predicted octanol–water partition coefficient (Wildman–Crippen LogP) is -4.43. The van der Waals surface area contributed by atoms with Crippen LogP contribution in [0, 0.1) is 0 Å². The van der Waals surface area contributed by atoms with Crippen LogP contribution in [0.4, 0.5) is 0 Å². The fourth-order valence-electron chi connectivity index (χ4n) is 1.31. The molecule has 14 heteroatoms. The zero-order valence-corrected chi connectivity index (χ0v) is 17.4. The van der Waals surface area contributed by atoms with Crippen LogP contribution in [0.15, 0.2) is 4.99 Å². The van der Waals surface area contributed by atoms with Crippen molar-refractivity contribution in [1.29, 1.82) is 0 Å². The van der Waals surface area contributed by atoms with E-state index in [4.69, 9.17) is 42.1 Å². The van der Waals surface area contributed by atoms with Gasteiger partial charge in [0.05, 0.1) is 0 Å². The minimum absolute atomic E-state index is 0.0169. The molecule has 0 amide bonds. The molecule has 0 saturated carbocycles. The van der Waals surface area contributed by atoms with Gasteiger partial charge in [-0.1, -0.05) is 0 Å². The number of rotatable bonds is 10. The first kappa shape index (κ1) is 22.7. The Balaban J connectivity index is 4.98.